The van der Waals surface area contributed by atoms with Gasteiger partial charge in [-0.15, -0.1) is 6.58 Å². The van der Waals surface area contributed by atoms with E-state index in [0.29, 0.717) is 6.61 Å². The van der Waals surface area contributed by atoms with E-state index >= 15 is 0 Å². The van der Waals surface area contributed by atoms with Gasteiger partial charge in [-0.2, -0.15) is 0 Å². The largest absolute Gasteiger partial charge is 0.481 e. The van der Waals surface area contributed by atoms with Gasteiger partial charge in [-0.1, -0.05) is 6.08 Å². The molecule has 0 aromatic rings. The van der Waals surface area contributed by atoms with E-state index in [9.17, 15) is 4.79 Å². The van der Waals surface area contributed by atoms with Gasteiger partial charge in [0.25, 0.3) is 0 Å². The molecule has 0 radical (unpaired) electrons. The Hall–Kier alpha value is -0.870. The van der Waals surface area contributed by atoms with Crippen molar-refractivity contribution in [3.05, 3.63) is 12.7 Å². The second-order valence-electron chi connectivity index (χ2n) is 3.80. The highest BCUT2D eigenvalue weighted by atomic mass is 16.5. The SMILES string of the molecule is C=CCN1CCC(OCCC(=O)O)CC1. The molecule has 1 aliphatic heterocycles. The lowest BCUT2D eigenvalue weighted by Crippen LogP contribution is -2.37. The van der Waals surface area contributed by atoms with Crippen LogP contribution in [-0.2, 0) is 9.53 Å². The van der Waals surface area contributed by atoms with Crippen molar-refractivity contribution in [2.45, 2.75) is 25.4 Å². The molecule has 1 fully saturated rings. The molecule has 1 heterocycles. The fourth-order valence-corrected chi connectivity index (χ4v) is 1.75. The summed E-state index contributed by atoms with van der Waals surface area (Å²) in [6.45, 7) is 7.01. The first-order valence-electron chi connectivity index (χ1n) is 5.39. The lowest BCUT2D eigenvalue weighted by molar-refractivity contribution is -0.138. The zero-order valence-electron chi connectivity index (χ0n) is 9.02. The maximum atomic E-state index is 10.3. The van der Waals surface area contributed by atoms with Gasteiger partial charge in [-0.25, -0.2) is 0 Å². The molecular weight excluding hydrogens is 194 g/mol. The van der Waals surface area contributed by atoms with E-state index in [-0.39, 0.29) is 12.5 Å². The lowest BCUT2D eigenvalue weighted by atomic mass is 10.1. The van der Waals surface area contributed by atoms with E-state index in [4.69, 9.17) is 9.84 Å². The maximum absolute atomic E-state index is 10.3. The summed E-state index contributed by atoms with van der Waals surface area (Å²) in [6, 6.07) is 0. The van der Waals surface area contributed by atoms with Crippen LogP contribution in [0.2, 0.25) is 0 Å². The third-order valence-electron chi connectivity index (χ3n) is 2.59. The Bertz CT molecular complexity index is 210. The lowest BCUT2D eigenvalue weighted by Gasteiger charge is -2.30. The number of piperidine rings is 1. The minimum absolute atomic E-state index is 0.104. The topological polar surface area (TPSA) is 49.8 Å². The summed E-state index contributed by atoms with van der Waals surface area (Å²) in [4.78, 5) is 12.6. The first-order chi connectivity index (χ1) is 7.22. The zero-order chi connectivity index (χ0) is 11.1. The van der Waals surface area contributed by atoms with Gasteiger partial charge in [0.2, 0.25) is 0 Å². The molecule has 1 aliphatic rings. The Morgan fingerprint density at radius 2 is 2.20 bits per heavy atom. The molecule has 0 spiro atoms. The molecule has 15 heavy (non-hydrogen) atoms. The van der Waals surface area contributed by atoms with Crippen LogP contribution >= 0.6 is 0 Å². The average Bonchev–Trinajstić information content (AvgIpc) is 2.20. The Balaban J connectivity index is 2.09. The number of nitrogens with zero attached hydrogens (tertiary/aromatic N) is 1. The molecule has 0 unspecified atom stereocenters. The highest BCUT2D eigenvalue weighted by Crippen LogP contribution is 2.13. The molecule has 1 rings (SSSR count). The summed E-state index contributed by atoms with van der Waals surface area (Å²) >= 11 is 0. The highest BCUT2D eigenvalue weighted by molar-refractivity contribution is 5.66. The van der Waals surface area contributed by atoms with Crippen molar-refractivity contribution in [3.63, 3.8) is 0 Å². The van der Waals surface area contributed by atoms with Crippen LogP contribution in [0.3, 0.4) is 0 Å². The predicted molar refractivity (Wildman–Crippen MR) is 57.9 cm³/mol. The van der Waals surface area contributed by atoms with E-state index in [2.05, 4.69) is 11.5 Å². The molecule has 0 atom stereocenters. The fourth-order valence-electron chi connectivity index (χ4n) is 1.75. The molecule has 0 saturated carbocycles. The number of aliphatic carboxylic acids is 1. The number of rotatable bonds is 6. The molecule has 4 nitrogen and oxygen atoms in total. The summed E-state index contributed by atoms with van der Waals surface area (Å²) < 4.78 is 5.49. The first kappa shape index (κ1) is 12.2. The van der Waals surface area contributed by atoms with Crippen molar-refractivity contribution in [3.8, 4) is 0 Å². The smallest absolute Gasteiger partial charge is 0.305 e. The van der Waals surface area contributed by atoms with Crippen molar-refractivity contribution in [2.24, 2.45) is 0 Å². The molecule has 1 saturated heterocycles. The van der Waals surface area contributed by atoms with Crippen molar-refractivity contribution in [1.82, 2.24) is 4.90 Å². The maximum Gasteiger partial charge on any atom is 0.305 e. The van der Waals surface area contributed by atoms with Gasteiger partial charge in [0.15, 0.2) is 0 Å². The van der Waals surface area contributed by atoms with Crippen LogP contribution in [0.25, 0.3) is 0 Å². The Morgan fingerprint density at radius 3 is 2.73 bits per heavy atom. The van der Waals surface area contributed by atoms with Crippen molar-refractivity contribution in [2.75, 3.05) is 26.2 Å². The van der Waals surface area contributed by atoms with Crippen molar-refractivity contribution in [1.29, 1.82) is 0 Å². The van der Waals surface area contributed by atoms with Crippen LogP contribution in [0, 0.1) is 0 Å². The number of ether oxygens (including phenoxy) is 1. The molecule has 0 aliphatic carbocycles. The summed E-state index contributed by atoms with van der Waals surface area (Å²) in [5.74, 6) is -0.793. The number of likely N-dealkylation sites (tertiary alicyclic amines) is 1. The van der Waals surface area contributed by atoms with Gasteiger partial charge in [0.05, 0.1) is 19.1 Å². The number of carbonyl (C=O) groups is 1. The van der Waals surface area contributed by atoms with Crippen LogP contribution in [0.5, 0.6) is 0 Å². The molecule has 0 aromatic carbocycles. The predicted octanol–water partition coefficient (Wildman–Crippen LogP) is 1.13. The van der Waals surface area contributed by atoms with Gasteiger partial charge in [0, 0.05) is 19.6 Å². The fraction of sp³-hybridized carbons (Fsp3) is 0.727. The first-order valence-corrected chi connectivity index (χ1v) is 5.39. The van der Waals surface area contributed by atoms with Gasteiger partial charge in [0.1, 0.15) is 0 Å². The Kier molecular flexibility index (Phi) is 5.36. The summed E-state index contributed by atoms with van der Waals surface area (Å²) in [5.41, 5.74) is 0. The Morgan fingerprint density at radius 1 is 1.53 bits per heavy atom. The number of carboxylic acid groups (broad SMARTS) is 1. The third kappa shape index (κ3) is 4.95. The van der Waals surface area contributed by atoms with Gasteiger partial charge >= 0.3 is 5.97 Å². The number of carboxylic acids is 1. The van der Waals surface area contributed by atoms with E-state index < -0.39 is 5.97 Å². The summed E-state index contributed by atoms with van der Waals surface area (Å²) in [5, 5.41) is 8.46. The monoisotopic (exact) mass is 213 g/mol. The van der Waals surface area contributed by atoms with E-state index in [1.165, 1.54) is 0 Å². The van der Waals surface area contributed by atoms with Crippen LogP contribution in [-0.4, -0.2) is 48.3 Å². The normalized spacial score (nSPS) is 18.9. The molecule has 4 heteroatoms. The second-order valence-corrected chi connectivity index (χ2v) is 3.80. The minimum Gasteiger partial charge on any atom is -0.481 e. The third-order valence-corrected chi connectivity index (χ3v) is 2.59. The molecular formula is C11H19NO3. The van der Waals surface area contributed by atoms with Crippen LogP contribution < -0.4 is 0 Å². The van der Waals surface area contributed by atoms with E-state index in [1.54, 1.807) is 0 Å². The zero-order valence-corrected chi connectivity index (χ0v) is 9.02. The molecule has 86 valence electrons. The quantitative estimate of drug-likeness (QED) is 0.672. The molecule has 0 aromatic heterocycles. The van der Waals surface area contributed by atoms with E-state index in [0.717, 1.165) is 32.5 Å². The Labute approximate surface area is 90.5 Å². The highest BCUT2D eigenvalue weighted by Gasteiger charge is 2.18. The number of hydrogen-bond acceptors (Lipinski definition) is 3. The van der Waals surface area contributed by atoms with Crippen LogP contribution in [0.1, 0.15) is 19.3 Å². The van der Waals surface area contributed by atoms with Crippen molar-refractivity contribution < 1.29 is 14.6 Å². The van der Waals surface area contributed by atoms with E-state index in [1.807, 2.05) is 6.08 Å². The molecule has 0 amide bonds. The molecule has 0 bridgehead atoms. The van der Waals surface area contributed by atoms with Crippen LogP contribution in [0.15, 0.2) is 12.7 Å². The number of hydrogen-bond donors (Lipinski definition) is 1. The second kappa shape index (κ2) is 6.58. The minimum atomic E-state index is -0.793. The summed E-state index contributed by atoms with van der Waals surface area (Å²) in [7, 11) is 0. The molecule has 1 N–H and O–H groups in total. The van der Waals surface area contributed by atoms with Gasteiger partial charge in [-0.3, -0.25) is 9.69 Å². The van der Waals surface area contributed by atoms with Gasteiger partial charge < -0.3 is 9.84 Å². The summed E-state index contributed by atoms with van der Waals surface area (Å²) in [6.07, 6.45) is 4.24. The van der Waals surface area contributed by atoms with Gasteiger partial charge in [-0.05, 0) is 12.8 Å². The standard InChI is InChI=1S/C11H19NO3/c1-2-6-12-7-3-10(4-8-12)15-9-5-11(13)14/h2,10H,1,3-9H2,(H,13,14). The van der Waals surface area contributed by atoms with Crippen molar-refractivity contribution >= 4 is 5.97 Å². The van der Waals surface area contributed by atoms with Crippen LogP contribution in [0.4, 0.5) is 0 Å². The average molecular weight is 213 g/mol.